The molecular formula is C13H23NS2. The first-order chi connectivity index (χ1) is 7.70. The zero-order chi connectivity index (χ0) is 11.8. The van der Waals surface area contributed by atoms with Gasteiger partial charge >= 0.3 is 0 Å². The highest BCUT2D eigenvalue weighted by molar-refractivity contribution is 7.99. The number of thiophene rings is 1. The first-order valence-corrected chi connectivity index (χ1v) is 8.02. The van der Waals surface area contributed by atoms with Gasteiger partial charge in [-0.3, -0.25) is 0 Å². The molecule has 0 aromatic carbocycles. The lowest BCUT2D eigenvalue weighted by molar-refractivity contribution is 0.640. The summed E-state index contributed by atoms with van der Waals surface area (Å²) in [6.45, 7) is 9.14. The Labute approximate surface area is 108 Å². The highest BCUT2D eigenvalue weighted by Gasteiger charge is 2.06. The molecule has 0 radical (unpaired) electrons. The van der Waals surface area contributed by atoms with E-state index in [0.29, 0.717) is 0 Å². The summed E-state index contributed by atoms with van der Waals surface area (Å²) in [4.78, 5) is 0. The molecule has 0 aliphatic heterocycles. The van der Waals surface area contributed by atoms with Gasteiger partial charge in [0.15, 0.2) is 0 Å². The molecule has 0 saturated heterocycles. The maximum absolute atomic E-state index is 3.50. The van der Waals surface area contributed by atoms with Crippen molar-refractivity contribution in [2.24, 2.45) is 5.92 Å². The van der Waals surface area contributed by atoms with Crippen LogP contribution in [0.15, 0.2) is 16.8 Å². The molecule has 1 rings (SSSR count). The van der Waals surface area contributed by atoms with E-state index >= 15 is 0 Å². The van der Waals surface area contributed by atoms with E-state index < -0.39 is 0 Å². The van der Waals surface area contributed by atoms with Gasteiger partial charge in [0, 0.05) is 17.5 Å². The molecule has 92 valence electrons. The van der Waals surface area contributed by atoms with Gasteiger partial charge in [0.1, 0.15) is 0 Å². The Morgan fingerprint density at radius 2 is 2.12 bits per heavy atom. The van der Waals surface area contributed by atoms with Crippen LogP contribution in [0, 0.1) is 5.92 Å². The van der Waals surface area contributed by atoms with Gasteiger partial charge < -0.3 is 5.32 Å². The molecule has 0 aliphatic carbocycles. The fraction of sp³-hybridized carbons (Fsp3) is 0.692. The van der Waals surface area contributed by atoms with Crippen molar-refractivity contribution in [3.05, 3.63) is 22.4 Å². The van der Waals surface area contributed by atoms with Gasteiger partial charge in [-0.1, -0.05) is 20.8 Å². The van der Waals surface area contributed by atoms with E-state index in [9.17, 15) is 0 Å². The lowest BCUT2D eigenvalue weighted by atomic mass is 10.2. The van der Waals surface area contributed by atoms with E-state index in [1.165, 1.54) is 11.3 Å². The molecule has 1 aromatic heterocycles. The average molecular weight is 257 g/mol. The van der Waals surface area contributed by atoms with Crippen LogP contribution in [0.2, 0.25) is 0 Å². The Bertz CT molecular complexity index is 257. The van der Waals surface area contributed by atoms with Crippen molar-refractivity contribution >= 4 is 23.1 Å². The van der Waals surface area contributed by atoms with Crippen LogP contribution in [0.4, 0.5) is 0 Å². The minimum absolute atomic E-state index is 0.777. The summed E-state index contributed by atoms with van der Waals surface area (Å²) in [5.41, 5.74) is 1.46. The van der Waals surface area contributed by atoms with E-state index in [0.717, 1.165) is 30.7 Å². The molecule has 0 bridgehead atoms. The van der Waals surface area contributed by atoms with Crippen molar-refractivity contribution in [1.82, 2.24) is 5.32 Å². The smallest absolute Gasteiger partial charge is 0.00608 e. The van der Waals surface area contributed by atoms with Gasteiger partial charge in [0.2, 0.25) is 0 Å². The third-order valence-electron chi connectivity index (χ3n) is 2.77. The number of thioether (sulfide) groups is 1. The summed E-state index contributed by atoms with van der Waals surface area (Å²) in [6.07, 6.45) is 1.16. The van der Waals surface area contributed by atoms with Crippen molar-refractivity contribution < 1.29 is 0 Å². The lowest BCUT2D eigenvalue weighted by Crippen LogP contribution is -2.21. The minimum atomic E-state index is 0.777. The van der Waals surface area contributed by atoms with Crippen molar-refractivity contribution in [3.8, 4) is 0 Å². The van der Waals surface area contributed by atoms with Gasteiger partial charge in [-0.05, 0) is 41.3 Å². The predicted octanol–water partition coefficient (Wildman–Crippen LogP) is 3.66. The fourth-order valence-corrected chi connectivity index (χ4v) is 3.02. The number of nitrogens with one attached hydrogen (secondary N) is 1. The standard InChI is InChI=1S/C13H23NS2/c1-11(2)12(3)16-9-7-14-6-4-13-5-8-15-10-13/h5,8,10-12,14H,4,6-7,9H2,1-3H3. The predicted molar refractivity (Wildman–Crippen MR) is 77.7 cm³/mol. The summed E-state index contributed by atoms with van der Waals surface area (Å²) in [7, 11) is 0. The second kappa shape index (κ2) is 8.15. The van der Waals surface area contributed by atoms with Crippen molar-refractivity contribution in [3.63, 3.8) is 0 Å². The molecular weight excluding hydrogens is 234 g/mol. The monoisotopic (exact) mass is 257 g/mol. The van der Waals surface area contributed by atoms with Crippen molar-refractivity contribution in [1.29, 1.82) is 0 Å². The summed E-state index contributed by atoms with van der Waals surface area (Å²) in [5, 5.41) is 8.66. The Balaban J connectivity index is 1.92. The van der Waals surface area contributed by atoms with Gasteiger partial charge in [0.25, 0.3) is 0 Å². The van der Waals surface area contributed by atoms with Crippen LogP contribution < -0.4 is 5.32 Å². The molecule has 1 heterocycles. The van der Waals surface area contributed by atoms with E-state index in [4.69, 9.17) is 0 Å². The molecule has 0 saturated carbocycles. The Morgan fingerprint density at radius 3 is 2.75 bits per heavy atom. The zero-order valence-corrected chi connectivity index (χ0v) is 12.2. The Morgan fingerprint density at radius 1 is 1.31 bits per heavy atom. The van der Waals surface area contributed by atoms with Crippen LogP contribution in [0.3, 0.4) is 0 Å². The molecule has 3 heteroatoms. The van der Waals surface area contributed by atoms with Gasteiger partial charge in [-0.25, -0.2) is 0 Å². The van der Waals surface area contributed by atoms with Crippen LogP contribution in [0.5, 0.6) is 0 Å². The maximum atomic E-state index is 3.50. The van der Waals surface area contributed by atoms with E-state index in [1.807, 2.05) is 0 Å². The van der Waals surface area contributed by atoms with Gasteiger partial charge in [0.05, 0.1) is 0 Å². The van der Waals surface area contributed by atoms with E-state index in [2.05, 4.69) is 54.7 Å². The molecule has 0 amide bonds. The summed E-state index contributed by atoms with van der Waals surface area (Å²) in [5.74, 6) is 2.01. The number of hydrogen-bond donors (Lipinski definition) is 1. The zero-order valence-electron chi connectivity index (χ0n) is 10.5. The highest BCUT2D eigenvalue weighted by Crippen LogP contribution is 2.17. The second-order valence-corrected chi connectivity index (χ2v) is 6.72. The minimum Gasteiger partial charge on any atom is -0.316 e. The molecule has 16 heavy (non-hydrogen) atoms. The molecule has 1 nitrogen and oxygen atoms in total. The second-order valence-electron chi connectivity index (χ2n) is 4.45. The molecule has 0 fully saturated rings. The summed E-state index contributed by atoms with van der Waals surface area (Å²) in [6, 6.07) is 2.21. The molecule has 0 aliphatic rings. The lowest BCUT2D eigenvalue weighted by Gasteiger charge is -2.14. The van der Waals surface area contributed by atoms with E-state index in [1.54, 1.807) is 11.3 Å². The first-order valence-electron chi connectivity index (χ1n) is 6.03. The maximum Gasteiger partial charge on any atom is 0.00608 e. The molecule has 1 unspecified atom stereocenters. The molecule has 1 N–H and O–H groups in total. The fourth-order valence-electron chi connectivity index (χ4n) is 1.30. The normalized spacial score (nSPS) is 13.2. The quantitative estimate of drug-likeness (QED) is 0.713. The third-order valence-corrected chi connectivity index (χ3v) is 5.01. The highest BCUT2D eigenvalue weighted by atomic mass is 32.2. The largest absolute Gasteiger partial charge is 0.316 e. The number of rotatable bonds is 8. The number of hydrogen-bond acceptors (Lipinski definition) is 3. The Kier molecular flexibility index (Phi) is 7.17. The van der Waals surface area contributed by atoms with Crippen molar-refractivity contribution in [2.45, 2.75) is 32.4 Å². The third kappa shape index (κ3) is 5.92. The molecule has 1 aromatic rings. The van der Waals surface area contributed by atoms with Crippen LogP contribution in [0.25, 0.3) is 0 Å². The van der Waals surface area contributed by atoms with Crippen LogP contribution in [-0.4, -0.2) is 24.1 Å². The van der Waals surface area contributed by atoms with Crippen LogP contribution in [0.1, 0.15) is 26.3 Å². The molecule has 0 spiro atoms. The van der Waals surface area contributed by atoms with Crippen LogP contribution in [-0.2, 0) is 6.42 Å². The topological polar surface area (TPSA) is 12.0 Å². The van der Waals surface area contributed by atoms with E-state index in [-0.39, 0.29) is 0 Å². The summed E-state index contributed by atoms with van der Waals surface area (Å²) >= 11 is 3.86. The Hall–Kier alpha value is 0.01000. The summed E-state index contributed by atoms with van der Waals surface area (Å²) < 4.78 is 0. The van der Waals surface area contributed by atoms with Crippen LogP contribution >= 0.6 is 23.1 Å². The molecule has 1 atom stereocenters. The van der Waals surface area contributed by atoms with Gasteiger partial charge in [-0.2, -0.15) is 23.1 Å². The SMILES string of the molecule is CC(C)C(C)SCCNCCc1ccsc1. The van der Waals surface area contributed by atoms with Crippen molar-refractivity contribution in [2.75, 3.05) is 18.8 Å². The first kappa shape index (κ1) is 14.1. The van der Waals surface area contributed by atoms with Gasteiger partial charge in [-0.15, -0.1) is 0 Å². The average Bonchev–Trinajstić information content (AvgIpc) is 2.75.